The van der Waals surface area contributed by atoms with Gasteiger partial charge < -0.3 is 26.2 Å². The maximum absolute atomic E-state index is 12.8. The van der Waals surface area contributed by atoms with Crippen LogP contribution in [0.15, 0.2) is 18.2 Å². The van der Waals surface area contributed by atoms with E-state index >= 15 is 0 Å². The number of carboxylic acid groups (broad SMARTS) is 1. The van der Waals surface area contributed by atoms with Crippen LogP contribution < -0.4 is 21.1 Å². The third-order valence-corrected chi connectivity index (χ3v) is 6.59. The molecule has 0 aliphatic heterocycles. The van der Waals surface area contributed by atoms with Gasteiger partial charge in [0, 0.05) is 19.0 Å². The van der Waals surface area contributed by atoms with E-state index < -0.39 is 36.1 Å². The maximum atomic E-state index is 12.8. The van der Waals surface area contributed by atoms with Crippen molar-refractivity contribution in [3.63, 3.8) is 0 Å². The molecule has 2 aromatic rings. The number of amides is 2. The zero-order chi connectivity index (χ0) is 24.9. The van der Waals surface area contributed by atoms with Gasteiger partial charge >= 0.3 is 12.3 Å². The summed E-state index contributed by atoms with van der Waals surface area (Å²) in [5.41, 5.74) is 5.52. The van der Waals surface area contributed by atoms with E-state index in [1.807, 2.05) is 0 Å². The molecule has 1 aromatic carbocycles. The molecule has 1 heterocycles. The summed E-state index contributed by atoms with van der Waals surface area (Å²) in [5.74, 6) is -2.48. The van der Waals surface area contributed by atoms with Crippen LogP contribution in [-0.4, -0.2) is 46.8 Å². The quantitative estimate of drug-likeness (QED) is 0.411. The van der Waals surface area contributed by atoms with Crippen LogP contribution in [0, 0.1) is 5.41 Å². The Balaban J connectivity index is 1.64. The van der Waals surface area contributed by atoms with Gasteiger partial charge in [0.25, 0.3) is 0 Å². The molecule has 3 rings (SSSR count). The SMILES string of the molecule is N[C@@H](CC(=O)O)C(=O)NCC1(CC(=O)Nc2nc3ccc(OC(F)(F)F)cc3s2)CCCCC1. The minimum Gasteiger partial charge on any atom is -0.481 e. The lowest BCUT2D eigenvalue weighted by Crippen LogP contribution is -2.47. The van der Waals surface area contributed by atoms with E-state index in [2.05, 4.69) is 20.4 Å². The third-order valence-electron chi connectivity index (χ3n) is 5.66. The van der Waals surface area contributed by atoms with E-state index in [0.717, 1.165) is 36.7 Å². The zero-order valence-electron chi connectivity index (χ0n) is 18.1. The molecule has 1 aliphatic carbocycles. The topological polar surface area (TPSA) is 144 Å². The highest BCUT2D eigenvalue weighted by atomic mass is 32.1. The second-order valence-corrected chi connectivity index (χ2v) is 9.43. The van der Waals surface area contributed by atoms with E-state index in [-0.39, 0.29) is 29.8 Å². The Bertz CT molecular complexity index is 1050. The number of nitrogens with one attached hydrogen (secondary N) is 2. The second-order valence-electron chi connectivity index (χ2n) is 8.40. The van der Waals surface area contributed by atoms with Gasteiger partial charge in [-0.1, -0.05) is 30.6 Å². The van der Waals surface area contributed by atoms with Gasteiger partial charge in [-0.2, -0.15) is 0 Å². The lowest BCUT2D eigenvalue weighted by atomic mass is 9.71. The number of benzene rings is 1. The molecule has 34 heavy (non-hydrogen) atoms. The summed E-state index contributed by atoms with van der Waals surface area (Å²) in [5, 5.41) is 14.4. The highest BCUT2D eigenvalue weighted by molar-refractivity contribution is 7.22. The maximum Gasteiger partial charge on any atom is 0.573 e. The number of carbonyl (C=O) groups excluding carboxylic acids is 2. The molecule has 13 heteroatoms. The highest BCUT2D eigenvalue weighted by Crippen LogP contribution is 2.39. The number of aromatic nitrogens is 1. The predicted molar refractivity (Wildman–Crippen MR) is 118 cm³/mol. The number of hydrogen-bond acceptors (Lipinski definition) is 7. The molecule has 2 amide bonds. The Morgan fingerprint density at radius 3 is 2.59 bits per heavy atom. The zero-order valence-corrected chi connectivity index (χ0v) is 18.9. The van der Waals surface area contributed by atoms with Crippen LogP contribution in [0.2, 0.25) is 0 Å². The van der Waals surface area contributed by atoms with Gasteiger partial charge in [-0.25, -0.2) is 4.98 Å². The molecule has 186 valence electrons. The number of thiazole rings is 1. The van der Waals surface area contributed by atoms with E-state index in [0.29, 0.717) is 23.1 Å². The number of nitrogens with zero attached hydrogens (tertiary/aromatic N) is 1. The van der Waals surface area contributed by atoms with Crippen molar-refractivity contribution in [3.8, 4) is 5.75 Å². The number of aliphatic carboxylic acids is 1. The number of alkyl halides is 3. The Labute approximate surface area is 196 Å². The van der Waals surface area contributed by atoms with E-state index in [9.17, 15) is 27.6 Å². The molecular formula is C21H25F3N4O5S. The number of fused-ring (bicyclic) bond motifs is 1. The van der Waals surface area contributed by atoms with Crippen molar-refractivity contribution >= 4 is 44.5 Å². The summed E-state index contributed by atoms with van der Waals surface area (Å²) in [4.78, 5) is 40.0. The van der Waals surface area contributed by atoms with Gasteiger partial charge in [0.1, 0.15) is 5.75 Å². The molecule has 1 aromatic heterocycles. The van der Waals surface area contributed by atoms with Gasteiger partial charge in [-0.05, 0) is 30.4 Å². The minimum absolute atomic E-state index is 0.0970. The Hall–Kier alpha value is -2.93. The number of ether oxygens (including phenoxy) is 1. The monoisotopic (exact) mass is 502 g/mol. The lowest BCUT2D eigenvalue weighted by molar-refractivity contribution is -0.274. The Morgan fingerprint density at radius 2 is 1.94 bits per heavy atom. The average Bonchev–Trinajstić information content (AvgIpc) is 3.12. The summed E-state index contributed by atoms with van der Waals surface area (Å²) < 4.78 is 41.7. The first-order valence-corrected chi connectivity index (χ1v) is 11.5. The number of anilines is 1. The van der Waals surface area contributed by atoms with Crippen molar-refractivity contribution in [1.82, 2.24) is 10.3 Å². The molecule has 0 bridgehead atoms. The van der Waals surface area contributed by atoms with Gasteiger partial charge in [0.05, 0.1) is 22.7 Å². The van der Waals surface area contributed by atoms with E-state index in [1.165, 1.54) is 12.1 Å². The first-order chi connectivity index (χ1) is 15.9. The van der Waals surface area contributed by atoms with Crippen LogP contribution in [0.4, 0.5) is 18.3 Å². The van der Waals surface area contributed by atoms with Crippen LogP contribution in [0.1, 0.15) is 44.9 Å². The fourth-order valence-electron chi connectivity index (χ4n) is 4.06. The largest absolute Gasteiger partial charge is 0.573 e. The number of nitrogens with two attached hydrogens (primary N) is 1. The summed E-state index contributed by atoms with van der Waals surface area (Å²) in [6.07, 6.45) is -1.03. The fourth-order valence-corrected chi connectivity index (χ4v) is 4.97. The van der Waals surface area contributed by atoms with Crippen LogP contribution in [0.3, 0.4) is 0 Å². The summed E-state index contributed by atoms with van der Waals surface area (Å²) in [6.45, 7) is 0.185. The molecule has 0 unspecified atom stereocenters. The summed E-state index contributed by atoms with van der Waals surface area (Å²) in [7, 11) is 0. The van der Waals surface area contributed by atoms with Gasteiger partial charge in [-0.15, -0.1) is 13.2 Å². The first-order valence-electron chi connectivity index (χ1n) is 10.7. The van der Waals surface area contributed by atoms with Crippen LogP contribution >= 0.6 is 11.3 Å². The Morgan fingerprint density at radius 1 is 1.24 bits per heavy atom. The normalized spacial score (nSPS) is 16.6. The highest BCUT2D eigenvalue weighted by Gasteiger charge is 2.35. The predicted octanol–water partition coefficient (Wildman–Crippen LogP) is 3.39. The van der Waals surface area contributed by atoms with Crippen molar-refractivity contribution in [3.05, 3.63) is 18.2 Å². The second kappa shape index (κ2) is 10.6. The Kier molecular flexibility index (Phi) is 7.97. The molecular weight excluding hydrogens is 477 g/mol. The van der Waals surface area contributed by atoms with Crippen molar-refractivity contribution in [2.75, 3.05) is 11.9 Å². The van der Waals surface area contributed by atoms with Crippen molar-refractivity contribution in [2.24, 2.45) is 11.1 Å². The van der Waals surface area contributed by atoms with Gasteiger partial charge in [0.2, 0.25) is 11.8 Å². The molecule has 1 atom stereocenters. The van der Waals surface area contributed by atoms with Gasteiger partial charge in [0.15, 0.2) is 5.13 Å². The smallest absolute Gasteiger partial charge is 0.481 e. The van der Waals surface area contributed by atoms with E-state index in [1.54, 1.807) is 0 Å². The molecule has 0 saturated heterocycles. The molecule has 0 radical (unpaired) electrons. The molecule has 9 nitrogen and oxygen atoms in total. The molecule has 1 aliphatic rings. The number of carboxylic acids is 1. The number of hydrogen-bond donors (Lipinski definition) is 4. The van der Waals surface area contributed by atoms with Gasteiger partial charge in [-0.3, -0.25) is 14.4 Å². The minimum atomic E-state index is -4.81. The molecule has 0 spiro atoms. The summed E-state index contributed by atoms with van der Waals surface area (Å²) >= 11 is 1.02. The number of halogens is 3. The van der Waals surface area contributed by atoms with Crippen LogP contribution in [0.5, 0.6) is 5.75 Å². The fraction of sp³-hybridized carbons (Fsp3) is 0.524. The molecule has 1 fully saturated rings. The van der Waals surface area contributed by atoms with Crippen LogP contribution in [-0.2, 0) is 14.4 Å². The van der Waals surface area contributed by atoms with Crippen molar-refractivity contribution in [1.29, 1.82) is 0 Å². The molecule has 1 saturated carbocycles. The lowest BCUT2D eigenvalue weighted by Gasteiger charge is -2.37. The van der Waals surface area contributed by atoms with Crippen molar-refractivity contribution in [2.45, 2.75) is 57.3 Å². The first kappa shape index (κ1) is 25.7. The standard InChI is InChI=1S/C21H25F3N4O5S/c22-21(23,24)33-12-4-5-14-15(8-12)34-19(27-14)28-16(29)10-20(6-2-1-3-7-20)11-26-18(32)13(25)9-17(30)31/h4-5,8,13H,1-3,6-7,9-11,25H2,(H,26,32)(H,30,31)(H,27,28,29)/t13-/m0/s1. The third kappa shape index (κ3) is 7.29. The number of carbonyl (C=O) groups is 3. The average molecular weight is 503 g/mol. The summed E-state index contributed by atoms with van der Waals surface area (Å²) in [6, 6.07) is 2.55. The van der Waals surface area contributed by atoms with E-state index in [4.69, 9.17) is 10.8 Å². The van der Waals surface area contributed by atoms with Crippen molar-refractivity contribution < 1.29 is 37.4 Å². The molecule has 5 N–H and O–H groups in total. The number of rotatable bonds is 9. The van der Waals surface area contributed by atoms with Crippen LogP contribution in [0.25, 0.3) is 10.2 Å².